The molecule has 0 aliphatic carbocycles. The van der Waals surface area contributed by atoms with Crippen molar-refractivity contribution in [3.63, 3.8) is 0 Å². The van der Waals surface area contributed by atoms with Gasteiger partial charge in [0.2, 0.25) is 0 Å². The highest BCUT2D eigenvalue weighted by Gasteiger charge is 2.06. The van der Waals surface area contributed by atoms with Crippen molar-refractivity contribution in [3.8, 4) is 0 Å². The van der Waals surface area contributed by atoms with Crippen LogP contribution in [0.5, 0.6) is 0 Å². The third-order valence-electron chi connectivity index (χ3n) is 2.38. The zero-order valence-electron chi connectivity index (χ0n) is 10.8. The van der Waals surface area contributed by atoms with Crippen molar-refractivity contribution in [2.45, 2.75) is 39.5 Å². The van der Waals surface area contributed by atoms with Crippen molar-refractivity contribution in [1.29, 1.82) is 0 Å². The molecule has 0 aliphatic rings. The third-order valence-corrected chi connectivity index (χ3v) is 3.25. The van der Waals surface area contributed by atoms with Crippen LogP contribution in [0.2, 0.25) is 0 Å². The Balaban J connectivity index is 2.01. The second kappa shape index (κ2) is 9.59. The summed E-state index contributed by atoms with van der Waals surface area (Å²) in [6.45, 7) is 7.41. The Morgan fingerprint density at radius 3 is 2.65 bits per heavy atom. The molecule has 0 aliphatic heterocycles. The van der Waals surface area contributed by atoms with E-state index in [0.29, 0.717) is 13.2 Å². The molecule has 0 unspecified atom stereocenters. The lowest BCUT2D eigenvalue weighted by Gasteiger charge is -2.16. The fourth-order valence-electron chi connectivity index (χ4n) is 1.61. The minimum Gasteiger partial charge on any atom is -0.353 e. The van der Waals surface area contributed by atoms with Crippen LogP contribution in [0.3, 0.4) is 0 Å². The topological polar surface area (TPSA) is 30.5 Å². The van der Waals surface area contributed by atoms with Crippen molar-refractivity contribution in [2.24, 2.45) is 0 Å². The number of hydrogen-bond acceptors (Lipinski definition) is 4. The van der Waals surface area contributed by atoms with E-state index in [9.17, 15) is 0 Å². The van der Waals surface area contributed by atoms with Crippen molar-refractivity contribution in [3.05, 3.63) is 22.4 Å². The Labute approximate surface area is 108 Å². The Morgan fingerprint density at radius 2 is 2.06 bits per heavy atom. The average Bonchev–Trinajstić information content (AvgIpc) is 2.82. The van der Waals surface area contributed by atoms with Gasteiger partial charge in [-0.2, -0.15) is 0 Å². The Kier molecular flexibility index (Phi) is 8.26. The number of hydrogen-bond donors (Lipinski definition) is 1. The first kappa shape index (κ1) is 14.6. The van der Waals surface area contributed by atoms with Gasteiger partial charge >= 0.3 is 0 Å². The summed E-state index contributed by atoms with van der Waals surface area (Å²) in [6.07, 6.45) is 2.00. The summed E-state index contributed by atoms with van der Waals surface area (Å²) >= 11 is 1.79. The van der Waals surface area contributed by atoms with Gasteiger partial charge in [-0.25, -0.2) is 0 Å². The predicted octanol–water partition coefficient (Wildman–Crippen LogP) is 3.02. The van der Waals surface area contributed by atoms with Crippen LogP contribution in [0.15, 0.2) is 17.5 Å². The van der Waals surface area contributed by atoms with E-state index in [2.05, 4.69) is 22.8 Å². The first-order chi connectivity index (χ1) is 8.36. The van der Waals surface area contributed by atoms with Crippen LogP contribution in [0.4, 0.5) is 0 Å². The molecular weight excluding hydrogens is 234 g/mol. The van der Waals surface area contributed by atoms with Gasteiger partial charge in [-0.15, -0.1) is 11.3 Å². The van der Waals surface area contributed by atoms with Crippen LogP contribution in [-0.2, 0) is 16.0 Å². The van der Waals surface area contributed by atoms with Gasteiger partial charge in [0.1, 0.15) is 0 Å². The van der Waals surface area contributed by atoms with E-state index in [1.165, 1.54) is 4.88 Å². The Morgan fingerprint density at radius 1 is 1.29 bits per heavy atom. The molecule has 0 amide bonds. The van der Waals surface area contributed by atoms with Crippen molar-refractivity contribution in [2.75, 3.05) is 19.8 Å². The summed E-state index contributed by atoms with van der Waals surface area (Å²) in [6, 6.07) is 4.24. The van der Waals surface area contributed by atoms with Crippen molar-refractivity contribution < 1.29 is 9.47 Å². The van der Waals surface area contributed by atoms with Gasteiger partial charge in [0.05, 0.1) is 0 Å². The summed E-state index contributed by atoms with van der Waals surface area (Å²) in [5.74, 6) is 0. The normalized spacial score (nSPS) is 11.2. The molecule has 0 bridgehead atoms. The molecule has 1 aromatic rings. The zero-order chi connectivity index (χ0) is 12.3. The van der Waals surface area contributed by atoms with E-state index < -0.39 is 0 Å². The van der Waals surface area contributed by atoms with Gasteiger partial charge in [0, 0.05) is 24.6 Å². The summed E-state index contributed by atoms with van der Waals surface area (Å²) in [7, 11) is 0. The minimum atomic E-state index is -0.0338. The van der Waals surface area contributed by atoms with Gasteiger partial charge in [-0.05, 0) is 44.7 Å². The lowest BCUT2D eigenvalue weighted by atomic mass is 10.3. The van der Waals surface area contributed by atoms with Crippen LogP contribution >= 0.6 is 11.3 Å². The number of nitrogens with one attached hydrogen (secondary N) is 1. The van der Waals surface area contributed by atoms with E-state index in [1.807, 2.05) is 13.8 Å². The molecule has 1 aromatic heterocycles. The van der Waals surface area contributed by atoms with Gasteiger partial charge in [-0.1, -0.05) is 6.07 Å². The number of thiophene rings is 1. The Bertz CT molecular complexity index is 258. The van der Waals surface area contributed by atoms with Crippen LogP contribution in [0, 0.1) is 0 Å². The molecule has 0 radical (unpaired) electrons. The SMILES string of the molecule is CCOC(CCCNCc1cccs1)OCC. The fourth-order valence-corrected chi connectivity index (χ4v) is 2.28. The highest BCUT2D eigenvalue weighted by Crippen LogP contribution is 2.08. The molecule has 4 heteroatoms. The second-order valence-electron chi connectivity index (χ2n) is 3.74. The van der Waals surface area contributed by atoms with Crippen LogP contribution in [-0.4, -0.2) is 26.0 Å². The Hall–Kier alpha value is -0.420. The molecular formula is C13H23NO2S. The van der Waals surface area contributed by atoms with E-state index in [0.717, 1.165) is 25.9 Å². The number of rotatable bonds is 10. The molecule has 1 rings (SSSR count). The standard InChI is InChI=1S/C13H23NO2S/c1-3-15-13(16-4-2)8-5-9-14-11-12-7-6-10-17-12/h6-7,10,13-14H,3-5,8-9,11H2,1-2H3. The molecule has 0 aromatic carbocycles. The largest absolute Gasteiger partial charge is 0.353 e. The maximum absolute atomic E-state index is 5.49. The molecule has 0 atom stereocenters. The summed E-state index contributed by atoms with van der Waals surface area (Å²) in [5, 5.41) is 5.54. The summed E-state index contributed by atoms with van der Waals surface area (Å²) < 4.78 is 11.0. The summed E-state index contributed by atoms with van der Waals surface area (Å²) in [5.41, 5.74) is 0. The quantitative estimate of drug-likeness (QED) is 0.516. The fraction of sp³-hybridized carbons (Fsp3) is 0.692. The lowest BCUT2D eigenvalue weighted by molar-refractivity contribution is -0.139. The van der Waals surface area contributed by atoms with Crippen molar-refractivity contribution in [1.82, 2.24) is 5.32 Å². The highest BCUT2D eigenvalue weighted by molar-refractivity contribution is 7.09. The molecule has 0 saturated carbocycles. The van der Waals surface area contributed by atoms with E-state index >= 15 is 0 Å². The molecule has 0 saturated heterocycles. The molecule has 1 N–H and O–H groups in total. The van der Waals surface area contributed by atoms with E-state index in [-0.39, 0.29) is 6.29 Å². The first-order valence-corrected chi connectivity index (χ1v) is 7.21. The molecule has 0 fully saturated rings. The zero-order valence-corrected chi connectivity index (χ0v) is 11.6. The molecule has 0 spiro atoms. The highest BCUT2D eigenvalue weighted by atomic mass is 32.1. The predicted molar refractivity (Wildman–Crippen MR) is 72.3 cm³/mol. The van der Waals surface area contributed by atoms with Gasteiger partial charge in [0.25, 0.3) is 0 Å². The minimum absolute atomic E-state index is 0.0338. The monoisotopic (exact) mass is 257 g/mol. The van der Waals surface area contributed by atoms with Gasteiger partial charge in [-0.3, -0.25) is 0 Å². The summed E-state index contributed by atoms with van der Waals surface area (Å²) in [4.78, 5) is 1.39. The van der Waals surface area contributed by atoms with Crippen LogP contribution < -0.4 is 5.32 Å². The molecule has 17 heavy (non-hydrogen) atoms. The van der Waals surface area contributed by atoms with E-state index in [1.54, 1.807) is 11.3 Å². The van der Waals surface area contributed by atoms with Gasteiger partial charge in [0.15, 0.2) is 6.29 Å². The van der Waals surface area contributed by atoms with Crippen molar-refractivity contribution >= 4 is 11.3 Å². The maximum atomic E-state index is 5.49. The smallest absolute Gasteiger partial charge is 0.157 e. The molecule has 1 heterocycles. The lowest BCUT2D eigenvalue weighted by Crippen LogP contribution is -2.20. The molecule has 3 nitrogen and oxygen atoms in total. The molecule has 98 valence electrons. The van der Waals surface area contributed by atoms with E-state index in [4.69, 9.17) is 9.47 Å². The van der Waals surface area contributed by atoms with Crippen LogP contribution in [0.25, 0.3) is 0 Å². The number of ether oxygens (including phenoxy) is 2. The van der Waals surface area contributed by atoms with Crippen LogP contribution in [0.1, 0.15) is 31.6 Å². The van der Waals surface area contributed by atoms with Gasteiger partial charge < -0.3 is 14.8 Å². The third kappa shape index (κ3) is 6.78. The second-order valence-corrected chi connectivity index (χ2v) is 4.77. The maximum Gasteiger partial charge on any atom is 0.157 e. The first-order valence-electron chi connectivity index (χ1n) is 6.33. The average molecular weight is 257 g/mol.